The van der Waals surface area contributed by atoms with Crippen LogP contribution in [0.2, 0.25) is 0 Å². The molecular weight excluding hydrogens is 318 g/mol. The highest BCUT2D eigenvalue weighted by atomic mass is 16.5. The summed E-state index contributed by atoms with van der Waals surface area (Å²) >= 11 is 0. The largest absolute Gasteiger partial charge is 0.392 e. The fourth-order valence-corrected chi connectivity index (χ4v) is 3.95. The number of rotatable bonds is 4. The van der Waals surface area contributed by atoms with Gasteiger partial charge in [-0.05, 0) is 56.2 Å². The molecule has 1 aromatic heterocycles. The van der Waals surface area contributed by atoms with E-state index in [1.54, 1.807) is 19.0 Å². The minimum absolute atomic E-state index is 0.0457. The van der Waals surface area contributed by atoms with Crippen molar-refractivity contribution in [3.05, 3.63) is 23.4 Å². The molecule has 25 heavy (non-hydrogen) atoms. The van der Waals surface area contributed by atoms with Crippen LogP contribution in [0.25, 0.3) is 0 Å². The minimum atomic E-state index is -0.261. The van der Waals surface area contributed by atoms with Gasteiger partial charge in [-0.25, -0.2) is 4.98 Å². The van der Waals surface area contributed by atoms with E-state index in [0.717, 1.165) is 55.8 Å². The van der Waals surface area contributed by atoms with E-state index in [4.69, 9.17) is 4.74 Å². The van der Waals surface area contributed by atoms with E-state index in [-0.39, 0.29) is 24.7 Å². The van der Waals surface area contributed by atoms with Crippen LogP contribution in [0.1, 0.15) is 36.9 Å². The molecule has 2 fully saturated rings. The van der Waals surface area contributed by atoms with Crippen LogP contribution in [-0.2, 0) is 16.1 Å². The number of aryl methyl sites for hydroxylation is 1. The number of anilines is 1. The molecule has 0 radical (unpaired) electrons. The number of carbonyl (C=O) groups is 1. The average molecular weight is 347 g/mol. The third-order valence-corrected chi connectivity index (χ3v) is 5.34. The Kier molecular flexibility index (Phi) is 5.59. The maximum absolute atomic E-state index is 12.1. The number of aromatic nitrogens is 1. The number of amides is 1. The third-order valence-electron chi connectivity index (χ3n) is 5.34. The number of nitrogens with zero attached hydrogens (tertiary/aromatic N) is 3. The molecule has 0 aliphatic carbocycles. The Morgan fingerprint density at radius 2 is 2.00 bits per heavy atom. The number of hydrogen-bond acceptors (Lipinski definition) is 5. The molecular formula is C19H29N3O3. The van der Waals surface area contributed by atoms with Crippen LogP contribution in [0, 0.1) is 12.8 Å². The first kappa shape index (κ1) is 18.1. The van der Waals surface area contributed by atoms with Crippen LogP contribution in [0.3, 0.4) is 0 Å². The number of piperidine rings is 1. The molecule has 1 N–H and O–H groups in total. The summed E-state index contributed by atoms with van der Waals surface area (Å²) in [7, 11) is 3.57. The second kappa shape index (κ2) is 7.70. The molecule has 1 aromatic rings. The van der Waals surface area contributed by atoms with Gasteiger partial charge in [-0.2, -0.15) is 0 Å². The maximum atomic E-state index is 12.1. The van der Waals surface area contributed by atoms with E-state index in [1.165, 1.54) is 0 Å². The van der Waals surface area contributed by atoms with Gasteiger partial charge in [0.2, 0.25) is 0 Å². The van der Waals surface area contributed by atoms with Crippen molar-refractivity contribution < 1.29 is 14.6 Å². The van der Waals surface area contributed by atoms with Gasteiger partial charge in [0, 0.05) is 32.9 Å². The van der Waals surface area contributed by atoms with Crippen LogP contribution in [0.4, 0.5) is 5.82 Å². The quantitative estimate of drug-likeness (QED) is 0.899. The first-order chi connectivity index (χ1) is 12.0. The lowest BCUT2D eigenvalue weighted by atomic mass is 9.89. The van der Waals surface area contributed by atoms with E-state index in [9.17, 15) is 9.90 Å². The first-order valence-corrected chi connectivity index (χ1v) is 9.18. The smallest absolute Gasteiger partial charge is 0.251 e. The summed E-state index contributed by atoms with van der Waals surface area (Å²) < 4.78 is 6.06. The molecule has 2 saturated heterocycles. The summed E-state index contributed by atoms with van der Waals surface area (Å²) in [6.45, 7) is 3.89. The lowest BCUT2D eigenvalue weighted by molar-refractivity contribution is -0.141. The van der Waals surface area contributed by atoms with E-state index in [1.807, 2.05) is 19.1 Å². The average Bonchev–Trinajstić information content (AvgIpc) is 3.10. The monoisotopic (exact) mass is 347 g/mol. The number of likely N-dealkylation sites (N-methyl/N-ethyl adjacent to an activating group) is 1. The van der Waals surface area contributed by atoms with Gasteiger partial charge in [0.05, 0.1) is 12.7 Å². The summed E-state index contributed by atoms with van der Waals surface area (Å²) in [5, 5.41) is 9.39. The molecule has 2 aliphatic rings. The van der Waals surface area contributed by atoms with Crippen molar-refractivity contribution in [2.45, 2.75) is 51.4 Å². The summed E-state index contributed by atoms with van der Waals surface area (Å²) in [4.78, 5) is 20.6. The van der Waals surface area contributed by atoms with E-state index in [2.05, 4.69) is 9.88 Å². The normalized spacial score (nSPS) is 24.6. The summed E-state index contributed by atoms with van der Waals surface area (Å²) in [5.41, 5.74) is 1.85. The number of aliphatic hydroxyl groups is 1. The van der Waals surface area contributed by atoms with Crippen molar-refractivity contribution >= 4 is 11.7 Å². The minimum Gasteiger partial charge on any atom is -0.392 e. The Labute approximate surface area is 149 Å². The number of carbonyl (C=O) groups excluding carboxylic acids is 1. The lowest BCUT2D eigenvalue weighted by Gasteiger charge is -2.35. The zero-order valence-electron chi connectivity index (χ0n) is 15.4. The first-order valence-electron chi connectivity index (χ1n) is 9.18. The Morgan fingerprint density at radius 1 is 1.28 bits per heavy atom. The van der Waals surface area contributed by atoms with Crippen LogP contribution in [0.5, 0.6) is 0 Å². The van der Waals surface area contributed by atoms with Gasteiger partial charge in [-0.1, -0.05) is 0 Å². The van der Waals surface area contributed by atoms with Gasteiger partial charge in [-0.3, -0.25) is 4.79 Å². The predicted molar refractivity (Wildman–Crippen MR) is 96.4 cm³/mol. The van der Waals surface area contributed by atoms with Crippen molar-refractivity contribution in [2.75, 3.05) is 32.1 Å². The number of hydrogen-bond donors (Lipinski definition) is 1. The fraction of sp³-hybridized carbons (Fsp3) is 0.684. The second-order valence-corrected chi connectivity index (χ2v) is 7.43. The SMILES string of the molecule is Cc1cc(CO)cc(N2CCC([C@H]3CC[C@@H](C(=O)N(C)C)O3)CC2)n1. The maximum Gasteiger partial charge on any atom is 0.251 e. The highest BCUT2D eigenvalue weighted by Gasteiger charge is 2.37. The molecule has 0 aromatic carbocycles. The molecule has 0 unspecified atom stereocenters. The highest BCUT2D eigenvalue weighted by molar-refractivity contribution is 5.80. The Morgan fingerprint density at radius 3 is 2.64 bits per heavy atom. The predicted octanol–water partition coefficient (Wildman–Crippen LogP) is 1.73. The van der Waals surface area contributed by atoms with Gasteiger partial charge in [0.1, 0.15) is 11.9 Å². The van der Waals surface area contributed by atoms with Crippen molar-refractivity contribution in [1.82, 2.24) is 9.88 Å². The molecule has 0 spiro atoms. The van der Waals surface area contributed by atoms with Gasteiger partial charge in [0.25, 0.3) is 5.91 Å². The lowest BCUT2D eigenvalue weighted by Crippen LogP contribution is -2.39. The van der Waals surface area contributed by atoms with Crippen LogP contribution in [-0.4, -0.2) is 60.3 Å². The molecule has 6 heteroatoms. The van der Waals surface area contributed by atoms with E-state index in [0.29, 0.717) is 5.92 Å². The van der Waals surface area contributed by atoms with Crippen molar-refractivity contribution in [1.29, 1.82) is 0 Å². The Balaban J connectivity index is 1.56. The number of aliphatic hydroxyl groups excluding tert-OH is 1. The van der Waals surface area contributed by atoms with E-state index < -0.39 is 0 Å². The van der Waals surface area contributed by atoms with Crippen LogP contribution in [0.15, 0.2) is 12.1 Å². The molecule has 138 valence electrons. The van der Waals surface area contributed by atoms with Gasteiger partial charge in [0.15, 0.2) is 0 Å². The zero-order chi connectivity index (χ0) is 18.0. The standard InChI is InChI=1S/C19H29N3O3/c1-13-10-14(12-23)11-18(20-13)22-8-6-15(7-9-22)16-4-5-17(25-16)19(24)21(2)3/h10-11,15-17,23H,4-9,12H2,1-3H3/t16-,17+/m1/s1. The number of ether oxygens (including phenoxy) is 1. The Hall–Kier alpha value is -1.66. The summed E-state index contributed by atoms with van der Waals surface area (Å²) in [6.07, 6.45) is 3.86. The topological polar surface area (TPSA) is 65.9 Å². The van der Waals surface area contributed by atoms with Crippen molar-refractivity contribution in [3.63, 3.8) is 0 Å². The molecule has 3 rings (SSSR count). The molecule has 0 saturated carbocycles. The molecule has 2 aliphatic heterocycles. The van der Waals surface area contributed by atoms with Crippen molar-refractivity contribution in [3.8, 4) is 0 Å². The Bertz CT molecular complexity index is 612. The van der Waals surface area contributed by atoms with Gasteiger partial charge >= 0.3 is 0 Å². The molecule has 2 atom stereocenters. The molecule has 6 nitrogen and oxygen atoms in total. The second-order valence-electron chi connectivity index (χ2n) is 7.43. The zero-order valence-corrected chi connectivity index (χ0v) is 15.4. The molecule has 3 heterocycles. The summed E-state index contributed by atoms with van der Waals surface area (Å²) in [6, 6.07) is 3.90. The van der Waals surface area contributed by atoms with Crippen LogP contribution < -0.4 is 4.90 Å². The summed E-state index contributed by atoms with van der Waals surface area (Å²) in [5.74, 6) is 1.55. The fourth-order valence-electron chi connectivity index (χ4n) is 3.95. The molecule has 0 bridgehead atoms. The number of pyridine rings is 1. The van der Waals surface area contributed by atoms with E-state index >= 15 is 0 Å². The molecule has 1 amide bonds. The van der Waals surface area contributed by atoms with Crippen LogP contribution >= 0.6 is 0 Å². The van der Waals surface area contributed by atoms with Crippen molar-refractivity contribution in [2.24, 2.45) is 5.92 Å². The third kappa shape index (κ3) is 4.12. The van der Waals surface area contributed by atoms with Gasteiger partial charge < -0.3 is 19.6 Å². The van der Waals surface area contributed by atoms with Gasteiger partial charge in [-0.15, -0.1) is 0 Å². The highest BCUT2D eigenvalue weighted by Crippen LogP contribution is 2.33.